The Hall–Kier alpha value is -0.640. The second-order valence-corrected chi connectivity index (χ2v) is 6.85. The molecule has 1 saturated heterocycles. The molecule has 4 heteroatoms. The molecule has 0 aromatic heterocycles. The summed E-state index contributed by atoms with van der Waals surface area (Å²) in [6.45, 7) is 5.25. The molecule has 102 valence electrons. The molecular weight excluding hydrogens is 244 g/mol. The van der Waals surface area contributed by atoms with Gasteiger partial charge >= 0.3 is 0 Å². The molecule has 0 bridgehead atoms. The Labute approximate surface area is 115 Å². The van der Waals surface area contributed by atoms with Gasteiger partial charge in [-0.1, -0.05) is 32.5 Å². The van der Waals surface area contributed by atoms with Crippen LogP contribution in [0.2, 0.25) is 0 Å². The molecule has 18 heavy (non-hydrogen) atoms. The maximum absolute atomic E-state index is 12.7. The lowest BCUT2D eigenvalue weighted by molar-refractivity contribution is -0.140. The fraction of sp³-hybridized carbons (Fsp3) is 0.857. The van der Waals surface area contributed by atoms with E-state index in [1.807, 2.05) is 4.90 Å². The normalized spacial score (nSPS) is 31.3. The summed E-state index contributed by atoms with van der Waals surface area (Å²) in [5.74, 6) is 0.447. The van der Waals surface area contributed by atoms with Gasteiger partial charge in [0.05, 0.1) is 11.0 Å². The van der Waals surface area contributed by atoms with Crippen LogP contribution in [0.25, 0.3) is 0 Å². The molecule has 2 N–H and O–H groups in total. The van der Waals surface area contributed by atoms with E-state index < -0.39 is 0 Å². The van der Waals surface area contributed by atoms with Crippen molar-refractivity contribution in [3.05, 3.63) is 0 Å². The minimum Gasteiger partial charge on any atom is -0.392 e. The van der Waals surface area contributed by atoms with Crippen LogP contribution in [0, 0.1) is 11.3 Å². The third-order valence-electron chi connectivity index (χ3n) is 4.67. The molecular formula is C14H24N2OS. The van der Waals surface area contributed by atoms with Gasteiger partial charge in [-0.05, 0) is 37.5 Å². The van der Waals surface area contributed by atoms with Crippen molar-refractivity contribution in [2.24, 2.45) is 17.1 Å². The summed E-state index contributed by atoms with van der Waals surface area (Å²) in [4.78, 5) is 15.2. The lowest BCUT2D eigenvalue weighted by Crippen LogP contribution is -2.52. The molecule has 1 heterocycles. The number of carbonyl (C=O) groups excluding carboxylic acids is 1. The summed E-state index contributed by atoms with van der Waals surface area (Å²) in [5.41, 5.74) is 5.93. The van der Waals surface area contributed by atoms with Gasteiger partial charge in [0.2, 0.25) is 5.91 Å². The van der Waals surface area contributed by atoms with E-state index >= 15 is 0 Å². The molecule has 2 rings (SSSR count). The third-order valence-corrected chi connectivity index (χ3v) is 4.94. The van der Waals surface area contributed by atoms with Crippen molar-refractivity contribution < 1.29 is 4.79 Å². The number of thiocarbonyl (C=S) groups is 1. The van der Waals surface area contributed by atoms with Gasteiger partial charge in [-0.25, -0.2) is 0 Å². The SMILES string of the molecule is CC1(C)CCCC1C(=O)N1CCCCC1C(N)=S. The average Bonchev–Trinajstić information content (AvgIpc) is 2.68. The Kier molecular flexibility index (Phi) is 3.95. The van der Waals surface area contributed by atoms with Gasteiger partial charge in [-0.3, -0.25) is 4.79 Å². The van der Waals surface area contributed by atoms with Crippen molar-refractivity contribution in [3.8, 4) is 0 Å². The van der Waals surface area contributed by atoms with Gasteiger partial charge in [-0.2, -0.15) is 0 Å². The van der Waals surface area contributed by atoms with Crippen molar-refractivity contribution in [2.45, 2.75) is 58.4 Å². The molecule has 1 aliphatic carbocycles. The van der Waals surface area contributed by atoms with Crippen molar-refractivity contribution in [3.63, 3.8) is 0 Å². The Morgan fingerprint density at radius 3 is 2.56 bits per heavy atom. The van der Waals surface area contributed by atoms with Crippen LogP contribution in [-0.2, 0) is 4.79 Å². The van der Waals surface area contributed by atoms with Gasteiger partial charge in [0.1, 0.15) is 0 Å². The van der Waals surface area contributed by atoms with Gasteiger partial charge in [0, 0.05) is 12.5 Å². The van der Waals surface area contributed by atoms with Crippen molar-refractivity contribution in [1.82, 2.24) is 4.90 Å². The Morgan fingerprint density at radius 2 is 2.00 bits per heavy atom. The lowest BCUT2D eigenvalue weighted by Gasteiger charge is -2.39. The molecule has 1 aliphatic heterocycles. The molecule has 2 aliphatic rings. The first kappa shape index (κ1) is 13.8. The van der Waals surface area contributed by atoms with E-state index in [0.29, 0.717) is 4.99 Å². The zero-order valence-corrected chi connectivity index (χ0v) is 12.3. The van der Waals surface area contributed by atoms with Crippen LogP contribution in [-0.4, -0.2) is 28.4 Å². The number of amides is 1. The largest absolute Gasteiger partial charge is 0.392 e. The van der Waals surface area contributed by atoms with Crippen LogP contribution in [0.4, 0.5) is 0 Å². The number of nitrogens with two attached hydrogens (primary N) is 1. The number of hydrogen-bond acceptors (Lipinski definition) is 2. The molecule has 1 saturated carbocycles. The molecule has 1 amide bonds. The smallest absolute Gasteiger partial charge is 0.226 e. The van der Waals surface area contributed by atoms with Crippen LogP contribution >= 0.6 is 12.2 Å². The highest BCUT2D eigenvalue weighted by Crippen LogP contribution is 2.44. The van der Waals surface area contributed by atoms with E-state index in [-0.39, 0.29) is 23.3 Å². The quantitative estimate of drug-likeness (QED) is 0.783. The lowest BCUT2D eigenvalue weighted by atomic mass is 9.80. The van der Waals surface area contributed by atoms with Crippen molar-refractivity contribution in [1.29, 1.82) is 0 Å². The summed E-state index contributed by atoms with van der Waals surface area (Å²) in [6.07, 6.45) is 6.47. The van der Waals surface area contributed by atoms with Gasteiger partial charge in [0.15, 0.2) is 0 Å². The van der Waals surface area contributed by atoms with Gasteiger partial charge in [-0.15, -0.1) is 0 Å². The first-order valence-electron chi connectivity index (χ1n) is 7.03. The van der Waals surface area contributed by atoms with Crippen molar-refractivity contribution in [2.75, 3.05) is 6.54 Å². The molecule has 0 radical (unpaired) electrons. The molecule has 2 fully saturated rings. The predicted octanol–water partition coefficient (Wildman–Crippen LogP) is 2.48. The minimum absolute atomic E-state index is 0.00218. The summed E-state index contributed by atoms with van der Waals surface area (Å²) >= 11 is 5.13. The van der Waals surface area contributed by atoms with Gasteiger partial charge < -0.3 is 10.6 Å². The minimum atomic E-state index is -0.00218. The maximum Gasteiger partial charge on any atom is 0.226 e. The number of hydrogen-bond donors (Lipinski definition) is 1. The monoisotopic (exact) mass is 268 g/mol. The fourth-order valence-electron chi connectivity index (χ4n) is 3.48. The average molecular weight is 268 g/mol. The van der Waals surface area contributed by atoms with E-state index in [0.717, 1.165) is 45.1 Å². The molecule has 0 aromatic carbocycles. The summed E-state index contributed by atoms with van der Waals surface area (Å²) in [5, 5.41) is 0. The molecule has 2 unspecified atom stereocenters. The van der Waals surface area contributed by atoms with Crippen LogP contribution in [0.15, 0.2) is 0 Å². The molecule has 2 atom stereocenters. The summed E-state index contributed by atoms with van der Waals surface area (Å²) < 4.78 is 0. The number of rotatable bonds is 2. The van der Waals surface area contributed by atoms with Crippen LogP contribution in [0.5, 0.6) is 0 Å². The first-order valence-corrected chi connectivity index (χ1v) is 7.44. The van der Waals surface area contributed by atoms with Crippen LogP contribution in [0.3, 0.4) is 0 Å². The zero-order chi connectivity index (χ0) is 13.3. The third kappa shape index (κ3) is 2.53. The fourth-order valence-corrected chi connectivity index (χ4v) is 3.72. The molecule has 0 spiro atoms. The highest BCUT2D eigenvalue weighted by atomic mass is 32.1. The number of piperidine rings is 1. The van der Waals surface area contributed by atoms with E-state index in [1.54, 1.807) is 0 Å². The Morgan fingerprint density at radius 1 is 1.28 bits per heavy atom. The number of nitrogens with zero attached hydrogens (tertiary/aromatic N) is 1. The van der Waals surface area contributed by atoms with Crippen LogP contribution in [0.1, 0.15) is 52.4 Å². The number of carbonyl (C=O) groups is 1. The summed E-state index contributed by atoms with van der Waals surface area (Å²) in [6, 6.07) is -0.00218. The second-order valence-electron chi connectivity index (χ2n) is 6.38. The molecule has 0 aromatic rings. The number of likely N-dealkylation sites (tertiary alicyclic amines) is 1. The standard InChI is InChI=1S/C14H24N2OS/c1-14(2)8-5-6-10(14)13(17)16-9-4-3-7-11(16)12(15)18/h10-11H,3-9H2,1-2H3,(H2,15,18). The zero-order valence-electron chi connectivity index (χ0n) is 11.4. The van der Waals surface area contributed by atoms with E-state index in [9.17, 15) is 4.79 Å². The Balaban J connectivity index is 2.13. The first-order chi connectivity index (χ1) is 8.43. The van der Waals surface area contributed by atoms with Crippen molar-refractivity contribution >= 4 is 23.1 Å². The Bertz CT molecular complexity index is 354. The highest BCUT2D eigenvalue weighted by molar-refractivity contribution is 7.80. The van der Waals surface area contributed by atoms with E-state index in [1.165, 1.54) is 0 Å². The summed E-state index contributed by atoms with van der Waals surface area (Å²) in [7, 11) is 0. The van der Waals surface area contributed by atoms with Gasteiger partial charge in [0.25, 0.3) is 0 Å². The predicted molar refractivity (Wildman–Crippen MR) is 77.3 cm³/mol. The second kappa shape index (κ2) is 5.16. The van der Waals surface area contributed by atoms with Crippen LogP contribution < -0.4 is 5.73 Å². The topological polar surface area (TPSA) is 46.3 Å². The highest BCUT2D eigenvalue weighted by Gasteiger charge is 2.43. The molecule has 3 nitrogen and oxygen atoms in total. The van der Waals surface area contributed by atoms with E-state index in [4.69, 9.17) is 18.0 Å². The maximum atomic E-state index is 12.7. The van der Waals surface area contributed by atoms with E-state index in [2.05, 4.69) is 13.8 Å².